The highest BCUT2D eigenvalue weighted by Gasteiger charge is 2.65. The molecule has 2 saturated carbocycles. The van der Waals surface area contributed by atoms with Crippen LogP contribution in [-0.4, -0.2) is 36.0 Å². The quantitative estimate of drug-likeness (QED) is 0.885. The Morgan fingerprint density at radius 1 is 1.27 bits per heavy atom. The van der Waals surface area contributed by atoms with Crippen molar-refractivity contribution >= 4 is 5.78 Å². The second-order valence-electron chi connectivity index (χ2n) is 7.48. The lowest BCUT2D eigenvalue weighted by Gasteiger charge is -2.48. The van der Waals surface area contributed by atoms with Gasteiger partial charge in [-0.15, -0.1) is 0 Å². The van der Waals surface area contributed by atoms with E-state index in [1.165, 1.54) is 6.07 Å². The topological polar surface area (TPSA) is 55.8 Å². The van der Waals surface area contributed by atoms with E-state index >= 15 is 0 Å². The van der Waals surface area contributed by atoms with Gasteiger partial charge in [0.1, 0.15) is 5.78 Å². The molecule has 3 fully saturated rings. The molecule has 1 spiro atoms. The molecule has 1 heterocycles. The van der Waals surface area contributed by atoms with Gasteiger partial charge in [0.15, 0.2) is 5.79 Å². The van der Waals surface area contributed by atoms with E-state index in [9.17, 15) is 23.1 Å². The number of rotatable bonds is 4. The molecule has 0 bridgehead atoms. The Morgan fingerprint density at radius 2 is 2.00 bits per heavy atom. The summed E-state index contributed by atoms with van der Waals surface area (Å²) in [6.45, 7) is 1.07. The molecule has 142 valence electrons. The molecule has 4 atom stereocenters. The summed E-state index contributed by atoms with van der Waals surface area (Å²) in [5, 5.41) is 10.5. The normalized spacial score (nSPS) is 32.5. The second-order valence-corrected chi connectivity index (χ2v) is 7.48. The van der Waals surface area contributed by atoms with Gasteiger partial charge in [0.05, 0.1) is 24.9 Å². The number of aliphatic hydroxyl groups is 1. The molecule has 1 aliphatic heterocycles. The van der Waals surface area contributed by atoms with Gasteiger partial charge in [0.25, 0.3) is 0 Å². The second kappa shape index (κ2) is 6.32. The molecule has 26 heavy (non-hydrogen) atoms. The Labute approximate surface area is 149 Å². The number of aryl methyl sites for hydroxylation is 1. The zero-order valence-electron chi connectivity index (χ0n) is 14.2. The first kappa shape index (κ1) is 17.9. The minimum Gasteiger partial charge on any atom is -0.392 e. The van der Waals surface area contributed by atoms with Crippen molar-refractivity contribution in [2.45, 2.75) is 43.8 Å². The number of hydrogen-bond donors (Lipinski definition) is 1. The average Bonchev–Trinajstić information content (AvgIpc) is 3.18. The minimum absolute atomic E-state index is 0.00982. The van der Waals surface area contributed by atoms with Crippen LogP contribution < -0.4 is 0 Å². The maximum atomic E-state index is 12.8. The Kier molecular flexibility index (Phi) is 4.36. The fourth-order valence-electron chi connectivity index (χ4n) is 4.69. The Bertz CT molecular complexity index is 696. The van der Waals surface area contributed by atoms with Gasteiger partial charge in [-0.25, -0.2) is 0 Å². The molecule has 4 nitrogen and oxygen atoms in total. The molecule has 7 heteroatoms. The van der Waals surface area contributed by atoms with E-state index in [4.69, 9.17) is 9.47 Å². The highest BCUT2D eigenvalue weighted by molar-refractivity contribution is 5.82. The van der Waals surface area contributed by atoms with Crippen molar-refractivity contribution < 1.29 is 32.5 Å². The molecule has 0 aromatic heterocycles. The SMILES string of the molecule is O=C(CCc1cccc(C(F)(F)F)c1)[C@H]1C[C@H]2[C@@H](CC23OCCO3)C1O. The number of halogens is 3. The van der Waals surface area contributed by atoms with E-state index in [0.717, 1.165) is 12.1 Å². The van der Waals surface area contributed by atoms with Crippen molar-refractivity contribution in [3.8, 4) is 0 Å². The third kappa shape index (κ3) is 2.96. The van der Waals surface area contributed by atoms with Crippen LogP contribution in [0.2, 0.25) is 0 Å². The summed E-state index contributed by atoms with van der Waals surface area (Å²) >= 11 is 0. The number of ketones is 1. The molecule has 4 rings (SSSR count). The molecule has 2 aliphatic carbocycles. The highest BCUT2D eigenvalue weighted by Crippen LogP contribution is 2.59. The zero-order chi connectivity index (χ0) is 18.5. The Hall–Kier alpha value is -1.44. The van der Waals surface area contributed by atoms with E-state index in [1.807, 2.05) is 0 Å². The van der Waals surface area contributed by atoms with Gasteiger partial charge in [-0.2, -0.15) is 13.2 Å². The van der Waals surface area contributed by atoms with E-state index in [0.29, 0.717) is 31.6 Å². The lowest BCUT2D eigenvalue weighted by molar-refractivity contribution is -0.275. The van der Waals surface area contributed by atoms with Gasteiger partial charge in [-0.3, -0.25) is 4.79 Å². The van der Waals surface area contributed by atoms with Gasteiger partial charge in [-0.1, -0.05) is 18.2 Å². The van der Waals surface area contributed by atoms with Gasteiger partial charge >= 0.3 is 6.18 Å². The number of alkyl halides is 3. The van der Waals surface area contributed by atoms with Gasteiger partial charge in [0, 0.05) is 24.7 Å². The van der Waals surface area contributed by atoms with Gasteiger partial charge < -0.3 is 14.6 Å². The largest absolute Gasteiger partial charge is 0.416 e. The predicted molar refractivity (Wildman–Crippen MR) is 85.1 cm³/mol. The third-order valence-electron chi connectivity index (χ3n) is 6.06. The van der Waals surface area contributed by atoms with Crippen molar-refractivity contribution in [3.05, 3.63) is 35.4 Å². The standard InChI is InChI=1S/C19H21F3O4/c20-19(21,22)12-3-1-2-11(8-12)4-5-16(23)13-9-15-14(17(13)24)10-18(15)25-6-7-26-18/h1-3,8,13-15,17,24H,4-7,9-10H2/t13-,14-,15+,17?/m1/s1. The van der Waals surface area contributed by atoms with E-state index in [2.05, 4.69) is 0 Å². The summed E-state index contributed by atoms with van der Waals surface area (Å²) in [7, 11) is 0. The molecule has 0 amide bonds. The summed E-state index contributed by atoms with van der Waals surface area (Å²) in [4.78, 5) is 12.6. The van der Waals surface area contributed by atoms with Crippen molar-refractivity contribution in [2.75, 3.05) is 13.2 Å². The first-order valence-corrected chi connectivity index (χ1v) is 8.95. The van der Waals surface area contributed by atoms with Gasteiger partial charge in [-0.05, 0) is 30.4 Å². The number of aliphatic hydroxyl groups excluding tert-OH is 1. The fourth-order valence-corrected chi connectivity index (χ4v) is 4.69. The molecule has 1 N–H and O–H groups in total. The summed E-state index contributed by atoms with van der Waals surface area (Å²) in [5.74, 6) is -1.17. The van der Waals surface area contributed by atoms with E-state index in [-0.39, 0.29) is 30.5 Å². The Morgan fingerprint density at radius 3 is 2.69 bits per heavy atom. The molecule has 0 radical (unpaired) electrons. The van der Waals surface area contributed by atoms with Crippen molar-refractivity contribution in [1.82, 2.24) is 0 Å². The van der Waals surface area contributed by atoms with Crippen molar-refractivity contribution in [3.63, 3.8) is 0 Å². The molecule has 1 unspecified atom stereocenters. The van der Waals surface area contributed by atoms with Crippen LogP contribution in [0.1, 0.15) is 30.4 Å². The van der Waals surface area contributed by atoms with Crippen LogP contribution in [0, 0.1) is 17.8 Å². The lowest BCUT2D eigenvalue weighted by atomic mass is 9.69. The maximum Gasteiger partial charge on any atom is 0.416 e. The first-order chi connectivity index (χ1) is 12.3. The molecule has 1 aromatic carbocycles. The lowest BCUT2D eigenvalue weighted by Crippen LogP contribution is -2.54. The third-order valence-corrected chi connectivity index (χ3v) is 6.06. The number of hydrogen-bond acceptors (Lipinski definition) is 4. The summed E-state index contributed by atoms with van der Waals surface area (Å²) < 4.78 is 49.7. The number of ether oxygens (including phenoxy) is 2. The summed E-state index contributed by atoms with van der Waals surface area (Å²) in [6.07, 6.45) is -3.62. The zero-order valence-corrected chi connectivity index (χ0v) is 14.2. The minimum atomic E-state index is -4.39. The number of Topliss-reactive ketones (excluding diaryl/α,β-unsaturated/α-hetero) is 1. The molecular weight excluding hydrogens is 349 g/mol. The van der Waals surface area contributed by atoms with Crippen LogP contribution in [-0.2, 0) is 26.9 Å². The highest BCUT2D eigenvalue weighted by atomic mass is 19.4. The summed E-state index contributed by atoms with van der Waals surface area (Å²) in [6, 6.07) is 5.04. The van der Waals surface area contributed by atoms with Crippen LogP contribution in [0.4, 0.5) is 13.2 Å². The first-order valence-electron chi connectivity index (χ1n) is 8.95. The van der Waals surface area contributed by atoms with E-state index < -0.39 is 29.5 Å². The van der Waals surface area contributed by atoms with E-state index in [1.54, 1.807) is 6.07 Å². The summed E-state index contributed by atoms with van der Waals surface area (Å²) in [5.41, 5.74) is -0.235. The fraction of sp³-hybridized carbons (Fsp3) is 0.632. The average molecular weight is 370 g/mol. The van der Waals surface area contributed by atoms with Crippen LogP contribution >= 0.6 is 0 Å². The molecular formula is C19H21F3O4. The Balaban J connectivity index is 1.37. The van der Waals surface area contributed by atoms with Gasteiger partial charge in [0.2, 0.25) is 0 Å². The molecule has 1 aromatic rings. The van der Waals surface area contributed by atoms with Crippen LogP contribution in [0.25, 0.3) is 0 Å². The number of carbonyl (C=O) groups is 1. The predicted octanol–water partition coefficient (Wildman–Crippen LogP) is 2.97. The molecule has 1 saturated heterocycles. The number of benzene rings is 1. The maximum absolute atomic E-state index is 12.8. The van der Waals surface area contributed by atoms with Crippen LogP contribution in [0.5, 0.6) is 0 Å². The number of fused-ring (bicyclic) bond motifs is 2. The monoisotopic (exact) mass is 370 g/mol. The smallest absolute Gasteiger partial charge is 0.392 e. The molecule has 3 aliphatic rings. The van der Waals surface area contributed by atoms with Crippen molar-refractivity contribution in [2.24, 2.45) is 17.8 Å². The van der Waals surface area contributed by atoms with Crippen LogP contribution in [0.15, 0.2) is 24.3 Å². The van der Waals surface area contributed by atoms with Crippen molar-refractivity contribution in [1.29, 1.82) is 0 Å². The number of carbonyl (C=O) groups excluding carboxylic acids is 1. The van der Waals surface area contributed by atoms with Crippen LogP contribution in [0.3, 0.4) is 0 Å².